The van der Waals surface area contributed by atoms with E-state index in [1.165, 1.54) is 12.1 Å². The number of hydrogen-bond acceptors (Lipinski definition) is 2. The van der Waals surface area contributed by atoms with E-state index < -0.39 is 12.2 Å². The van der Waals surface area contributed by atoms with E-state index in [4.69, 9.17) is 0 Å². The number of nitrogens with one attached hydrogen (secondary N) is 2. The Balaban J connectivity index is 1.86. The number of halogens is 3. The van der Waals surface area contributed by atoms with Crippen LogP contribution in [0.15, 0.2) is 30.3 Å². The Labute approximate surface area is 115 Å². The molecule has 1 amide bonds. The van der Waals surface area contributed by atoms with Crippen LogP contribution < -0.4 is 10.6 Å². The van der Waals surface area contributed by atoms with Crippen LogP contribution in [0.1, 0.15) is 30.9 Å². The second-order valence-electron chi connectivity index (χ2n) is 4.93. The average Bonchev–Trinajstić information content (AvgIpc) is 3.18. The van der Waals surface area contributed by atoms with E-state index in [0.717, 1.165) is 12.8 Å². The fraction of sp³-hybridized carbons (Fsp3) is 0.500. The Morgan fingerprint density at radius 1 is 1.25 bits per heavy atom. The average molecular weight is 286 g/mol. The first-order valence-corrected chi connectivity index (χ1v) is 6.61. The molecule has 2 rings (SSSR count). The van der Waals surface area contributed by atoms with Gasteiger partial charge in [-0.25, -0.2) is 0 Å². The molecule has 0 spiro atoms. The van der Waals surface area contributed by atoms with Crippen molar-refractivity contribution in [3.63, 3.8) is 0 Å². The van der Waals surface area contributed by atoms with Crippen molar-refractivity contribution in [3.8, 4) is 0 Å². The van der Waals surface area contributed by atoms with E-state index in [0.29, 0.717) is 0 Å². The van der Waals surface area contributed by atoms with Crippen LogP contribution in [0.25, 0.3) is 0 Å². The first-order chi connectivity index (χ1) is 9.47. The fourth-order valence-corrected chi connectivity index (χ4v) is 1.93. The minimum atomic E-state index is -4.38. The summed E-state index contributed by atoms with van der Waals surface area (Å²) in [4.78, 5) is 11.4. The standard InChI is InChI=1S/C14H17F3N2O/c15-14(16,17)13(10-4-2-1-3-5-10)18-9-8-12(20)19-11-6-7-11/h1-5,11,13,18H,6-9H2,(H,19,20). The van der Waals surface area contributed by atoms with Crippen LogP contribution in [-0.2, 0) is 4.79 Å². The number of alkyl halides is 3. The van der Waals surface area contributed by atoms with Gasteiger partial charge in [0.05, 0.1) is 0 Å². The van der Waals surface area contributed by atoms with Gasteiger partial charge in [0.25, 0.3) is 0 Å². The molecule has 0 heterocycles. The van der Waals surface area contributed by atoms with Crippen LogP contribution in [0.3, 0.4) is 0 Å². The molecule has 0 aromatic heterocycles. The van der Waals surface area contributed by atoms with E-state index in [2.05, 4.69) is 10.6 Å². The van der Waals surface area contributed by atoms with Gasteiger partial charge in [-0.05, 0) is 18.4 Å². The van der Waals surface area contributed by atoms with Crippen LogP contribution in [0.4, 0.5) is 13.2 Å². The number of rotatable bonds is 6. The van der Waals surface area contributed by atoms with Crippen LogP contribution in [0, 0.1) is 0 Å². The predicted octanol–water partition coefficient (Wildman–Crippen LogP) is 2.55. The Morgan fingerprint density at radius 2 is 1.90 bits per heavy atom. The van der Waals surface area contributed by atoms with Gasteiger partial charge in [0.15, 0.2) is 0 Å². The van der Waals surface area contributed by atoms with E-state index in [9.17, 15) is 18.0 Å². The van der Waals surface area contributed by atoms with Crippen molar-refractivity contribution in [3.05, 3.63) is 35.9 Å². The van der Waals surface area contributed by atoms with Crippen molar-refractivity contribution in [2.24, 2.45) is 0 Å². The highest BCUT2D eigenvalue weighted by atomic mass is 19.4. The first-order valence-electron chi connectivity index (χ1n) is 6.61. The molecule has 110 valence electrons. The summed E-state index contributed by atoms with van der Waals surface area (Å²) in [5.41, 5.74) is 0.155. The van der Waals surface area contributed by atoms with E-state index in [-0.39, 0.29) is 30.5 Å². The van der Waals surface area contributed by atoms with Gasteiger partial charge in [0.1, 0.15) is 6.04 Å². The molecule has 1 unspecified atom stereocenters. The third-order valence-electron chi connectivity index (χ3n) is 3.10. The second-order valence-corrected chi connectivity index (χ2v) is 4.93. The van der Waals surface area contributed by atoms with E-state index in [1.807, 2.05) is 0 Å². The van der Waals surface area contributed by atoms with Crippen LogP contribution in [0.2, 0.25) is 0 Å². The van der Waals surface area contributed by atoms with Gasteiger partial charge >= 0.3 is 6.18 Å². The monoisotopic (exact) mass is 286 g/mol. The summed E-state index contributed by atoms with van der Waals surface area (Å²) in [6.45, 7) is -0.00236. The maximum Gasteiger partial charge on any atom is 0.407 e. The highest BCUT2D eigenvalue weighted by Crippen LogP contribution is 2.32. The molecular formula is C14H17F3N2O. The Bertz CT molecular complexity index is 443. The summed E-state index contributed by atoms with van der Waals surface area (Å²) in [5, 5.41) is 5.16. The van der Waals surface area contributed by atoms with Gasteiger partial charge in [-0.2, -0.15) is 13.2 Å². The van der Waals surface area contributed by atoms with E-state index >= 15 is 0 Å². The summed E-state index contributed by atoms with van der Waals surface area (Å²) >= 11 is 0. The highest BCUT2D eigenvalue weighted by Gasteiger charge is 2.40. The predicted molar refractivity (Wildman–Crippen MR) is 69.0 cm³/mol. The Hall–Kier alpha value is -1.56. The zero-order valence-corrected chi connectivity index (χ0v) is 10.9. The van der Waals surface area contributed by atoms with Gasteiger partial charge in [0.2, 0.25) is 5.91 Å². The molecule has 20 heavy (non-hydrogen) atoms. The van der Waals surface area contributed by atoms with Gasteiger partial charge in [0, 0.05) is 19.0 Å². The number of amides is 1. The third kappa shape index (κ3) is 4.52. The van der Waals surface area contributed by atoms with Crippen molar-refractivity contribution >= 4 is 5.91 Å². The largest absolute Gasteiger partial charge is 0.407 e. The lowest BCUT2D eigenvalue weighted by atomic mass is 10.1. The summed E-state index contributed by atoms with van der Waals surface area (Å²) in [7, 11) is 0. The summed E-state index contributed by atoms with van der Waals surface area (Å²) in [6.07, 6.45) is -2.40. The third-order valence-corrected chi connectivity index (χ3v) is 3.10. The summed E-state index contributed by atoms with van der Waals surface area (Å²) in [5.74, 6) is -0.200. The van der Waals surface area contributed by atoms with E-state index in [1.54, 1.807) is 18.2 Å². The van der Waals surface area contributed by atoms with Crippen LogP contribution in [0.5, 0.6) is 0 Å². The minimum absolute atomic E-state index is 0.00236. The van der Waals surface area contributed by atoms with Crippen LogP contribution in [-0.4, -0.2) is 24.7 Å². The number of carbonyl (C=O) groups excluding carboxylic acids is 1. The molecular weight excluding hydrogens is 269 g/mol. The van der Waals surface area contributed by atoms with Crippen molar-refractivity contribution in [1.29, 1.82) is 0 Å². The lowest BCUT2D eigenvalue weighted by molar-refractivity contribution is -0.158. The molecule has 6 heteroatoms. The molecule has 1 aliphatic carbocycles. The van der Waals surface area contributed by atoms with Crippen LogP contribution >= 0.6 is 0 Å². The van der Waals surface area contributed by atoms with Gasteiger partial charge in [-0.15, -0.1) is 0 Å². The molecule has 1 atom stereocenters. The zero-order valence-electron chi connectivity index (χ0n) is 10.9. The molecule has 0 aliphatic heterocycles. The number of carbonyl (C=O) groups is 1. The lowest BCUT2D eigenvalue weighted by Gasteiger charge is -2.22. The van der Waals surface area contributed by atoms with Crippen molar-refractivity contribution in [2.75, 3.05) is 6.54 Å². The summed E-state index contributed by atoms with van der Waals surface area (Å²) < 4.78 is 39.0. The van der Waals surface area contributed by atoms with Crippen molar-refractivity contribution in [1.82, 2.24) is 10.6 Å². The van der Waals surface area contributed by atoms with Gasteiger partial charge in [-0.3, -0.25) is 4.79 Å². The molecule has 1 aliphatic rings. The highest BCUT2D eigenvalue weighted by molar-refractivity contribution is 5.76. The molecule has 1 fully saturated rings. The Kier molecular flexibility index (Phi) is 4.65. The fourth-order valence-electron chi connectivity index (χ4n) is 1.93. The number of benzene rings is 1. The lowest BCUT2D eigenvalue weighted by Crippen LogP contribution is -2.37. The molecule has 2 N–H and O–H groups in total. The maximum atomic E-state index is 13.0. The molecule has 0 radical (unpaired) electrons. The molecule has 1 saturated carbocycles. The molecule has 0 bridgehead atoms. The first kappa shape index (κ1) is 14.8. The van der Waals surface area contributed by atoms with Crippen molar-refractivity contribution in [2.45, 2.75) is 37.5 Å². The smallest absolute Gasteiger partial charge is 0.353 e. The maximum absolute atomic E-state index is 13.0. The Morgan fingerprint density at radius 3 is 2.45 bits per heavy atom. The quantitative estimate of drug-likeness (QED) is 0.844. The molecule has 1 aromatic carbocycles. The topological polar surface area (TPSA) is 41.1 Å². The zero-order chi connectivity index (χ0) is 14.6. The van der Waals surface area contributed by atoms with Crippen molar-refractivity contribution < 1.29 is 18.0 Å². The number of hydrogen-bond donors (Lipinski definition) is 2. The summed E-state index contributed by atoms with van der Waals surface area (Å²) in [6, 6.07) is 6.14. The molecule has 3 nitrogen and oxygen atoms in total. The molecule has 1 aromatic rings. The normalized spacial score (nSPS) is 16.8. The van der Waals surface area contributed by atoms with Gasteiger partial charge < -0.3 is 10.6 Å². The molecule has 0 saturated heterocycles. The van der Waals surface area contributed by atoms with Gasteiger partial charge in [-0.1, -0.05) is 30.3 Å². The minimum Gasteiger partial charge on any atom is -0.353 e. The SMILES string of the molecule is O=C(CCNC(c1ccccc1)C(F)(F)F)NC1CC1. The second kappa shape index (κ2) is 6.26.